The van der Waals surface area contributed by atoms with Crippen LogP contribution in [0.4, 0.5) is 0 Å². The molecule has 98 valence electrons. The number of halogens is 1. The first-order valence-electron chi connectivity index (χ1n) is 6.00. The van der Waals surface area contributed by atoms with Gasteiger partial charge in [-0.05, 0) is 37.5 Å². The van der Waals surface area contributed by atoms with E-state index >= 15 is 0 Å². The number of rotatable bonds is 3. The molecule has 19 heavy (non-hydrogen) atoms. The molecule has 3 rings (SSSR count). The first-order valence-corrected chi connectivity index (χ1v) is 7.20. The highest BCUT2D eigenvalue weighted by atomic mass is 35.5. The number of hydrogen-bond acceptors (Lipinski definition) is 3. The third-order valence-electron chi connectivity index (χ3n) is 3.53. The van der Waals surface area contributed by atoms with E-state index in [1.807, 2.05) is 24.3 Å². The van der Waals surface area contributed by atoms with Gasteiger partial charge >= 0.3 is 5.97 Å². The minimum Gasteiger partial charge on any atom is -0.477 e. The number of aromatic nitrogens is 1. The third kappa shape index (κ3) is 2.05. The van der Waals surface area contributed by atoms with E-state index in [0.717, 1.165) is 23.4 Å². The summed E-state index contributed by atoms with van der Waals surface area (Å²) in [6.45, 7) is 1.75. The van der Waals surface area contributed by atoms with Crippen molar-refractivity contribution in [3.8, 4) is 0 Å². The molecular weight excluding hydrogens is 282 g/mol. The molecule has 0 atom stereocenters. The summed E-state index contributed by atoms with van der Waals surface area (Å²) in [5, 5.41) is 10.7. The summed E-state index contributed by atoms with van der Waals surface area (Å²) in [6.07, 6.45) is 2.00. The summed E-state index contributed by atoms with van der Waals surface area (Å²) in [5.41, 5.74) is 1.61. The Morgan fingerprint density at radius 3 is 2.74 bits per heavy atom. The summed E-state index contributed by atoms with van der Waals surface area (Å²) in [6, 6.07) is 7.76. The van der Waals surface area contributed by atoms with Gasteiger partial charge in [0.1, 0.15) is 9.88 Å². The molecule has 5 heteroatoms. The lowest BCUT2D eigenvalue weighted by Gasteiger charge is -2.12. The van der Waals surface area contributed by atoms with Crippen LogP contribution in [0.1, 0.15) is 38.8 Å². The Hall–Kier alpha value is -1.39. The number of thiazole rings is 1. The van der Waals surface area contributed by atoms with Crippen LogP contribution in [0.3, 0.4) is 0 Å². The van der Waals surface area contributed by atoms with Crippen LogP contribution in [-0.4, -0.2) is 16.1 Å². The zero-order valence-corrected chi connectivity index (χ0v) is 11.9. The number of carboxylic acid groups (broad SMARTS) is 1. The van der Waals surface area contributed by atoms with Gasteiger partial charge in [0.15, 0.2) is 0 Å². The van der Waals surface area contributed by atoms with Gasteiger partial charge < -0.3 is 5.11 Å². The van der Waals surface area contributed by atoms with E-state index in [4.69, 9.17) is 16.7 Å². The van der Waals surface area contributed by atoms with Crippen LogP contribution in [0.2, 0.25) is 5.02 Å². The number of hydrogen-bond donors (Lipinski definition) is 1. The van der Waals surface area contributed by atoms with E-state index < -0.39 is 5.97 Å². The van der Waals surface area contributed by atoms with Crippen LogP contribution in [0.25, 0.3) is 0 Å². The molecule has 1 aromatic carbocycles. The van der Waals surface area contributed by atoms with Crippen molar-refractivity contribution < 1.29 is 9.90 Å². The van der Waals surface area contributed by atoms with Gasteiger partial charge in [-0.2, -0.15) is 0 Å². The van der Waals surface area contributed by atoms with E-state index in [9.17, 15) is 4.79 Å². The van der Waals surface area contributed by atoms with Crippen molar-refractivity contribution >= 4 is 28.9 Å². The molecule has 1 saturated carbocycles. The fourth-order valence-corrected chi connectivity index (χ4v) is 3.70. The van der Waals surface area contributed by atoms with Gasteiger partial charge in [0, 0.05) is 10.4 Å². The predicted octanol–water partition coefficient (Wildman–Crippen LogP) is 3.88. The predicted molar refractivity (Wildman–Crippen MR) is 75.3 cm³/mol. The van der Waals surface area contributed by atoms with Crippen molar-refractivity contribution in [3.05, 3.63) is 50.4 Å². The van der Waals surface area contributed by atoms with Gasteiger partial charge in [-0.15, -0.1) is 11.3 Å². The SMILES string of the molecule is Cc1nc(C2(c3cccc(Cl)c3)CC2)sc1C(=O)O. The summed E-state index contributed by atoms with van der Waals surface area (Å²) < 4.78 is 0. The highest BCUT2D eigenvalue weighted by Crippen LogP contribution is 2.55. The van der Waals surface area contributed by atoms with E-state index in [2.05, 4.69) is 4.98 Å². The van der Waals surface area contributed by atoms with Crippen molar-refractivity contribution in [3.63, 3.8) is 0 Å². The van der Waals surface area contributed by atoms with Gasteiger partial charge in [-0.1, -0.05) is 23.7 Å². The molecule has 1 fully saturated rings. The molecule has 0 unspecified atom stereocenters. The highest BCUT2D eigenvalue weighted by Gasteiger charge is 2.49. The molecule has 2 aromatic rings. The standard InChI is InChI=1S/C14H12ClNO2S/c1-8-11(12(17)18)19-13(16-8)14(5-6-14)9-3-2-4-10(15)7-9/h2-4,7H,5-6H2,1H3,(H,17,18). The lowest BCUT2D eigenvalue weighted by atomic mass is 9.97. The van der Waals surface area contributed by atoms with Crippen LogP contribution in [0, 0.1) is 6.92 Å². The number of nitrogens with zero attached hydrogens (tertiary/aromatic N) is 1. The summed E-state index contributed by atoms with van der Waals surface area (Å²) in [7, 11) is 0. The van der Waals surface area contributed by atoms with Gasteiger partial charge in [0.2, 0.25) is 0 Å². The largest absolute Gasteiger partial charge is 0.477 e. The molecular formula is C14H12ClNO2S. The molecule has 0 bridgehead atoms. The van der Waals surface area contributed by atoms with Crippen LogP contribution in [-0.2, 0) is 5.41 Å². The zero-order valence-electron chi connectivity index (χ0n) is 10.3. The Bertz CT molecular complexity index is 661. The van der Waals surface area contributed by atoms with Gasteiger partial charge in [0.05, 0.1) is 5.69 Å². The molecule has 0 spiro atoms. The summed E-state index contributed by atoms with van der Waals surface area (Å²) >= 11 is 7.33. The fraction of sp³-hybridized carbons (Fsp3) is 0.286. The van der Waals surface area contributed by atoms with Crippen LogP contribution in [0.15, 0.2) is 24.3 Å². The minimum atomic E-state index is -0.900. The number of aryl methyl sites for hydroxylation is 1. The van der Waals surface area contributed by atoms with Crippen molar-refractivity contribution in [2.45, 2.75) is 25.2 Å². The Kier molecular flexibility index (Phi) is 2.87. The lowest BCUT2D eigenvalue weighted by Crippen LogP contribution is -2.08. The van der Waals surface area contributed by atoms with Crippen LogP contribution < -0.4 is 0 Å². The van der Waals surface area contributed by atoms with Crippen molar-refractivity contribution in [1.82, 2.24) is 4.98 Å². The minimum absolute atomic E-state index is 0.117. The maximum absolute atomic E-state index is 11.1. The van der Waals surface area contributed by atoms with Crippen molar-refractivity contribution in [1.29, 1.82) is 0 Å². The molecule has 0 saturated heterocycles. The molecule has 0 amide bonds. The Labute approximate surface area is 119 Å². The van der Waals surface area contributed by atoms with Crippen LogP contribution in [0.5, 0.6) is 0 Å². The smallest absolute Gasteiger partial charge is 0.347 e. The van der Waals surface area contributed by atoms with E-state index in [0.29, 0.717) is 15.6 Å². The fourth-order valence-electron chi connectivity index (χ4n) is 2.34. The van der Waals surface area contributed by atoms with E-state index in [1.165, 1.54) is 11.3 Å². The Balaban J connectivity index is 2.06. The molecule has 3 nitrogen and oxygen atoms in total. The molecule has 1 aliphatic rings. The molecule has 1 aliphatic carbocycles. The molecule has 0 radical (unpaired) electrons. The maximum Gasteiger partial charge on any atom is 0.347 e. The van der Waals surface area contributed by atoms with Gasteiger partial charge in [0.25, 0.3) is 0 Å². The van der Waals surface area contributed by atoms with Crippen LogP contribution >= 0.6 is 22.9 Å². The number of carboxylic acids is 1. The molecule has 1 N–H and O–H groups in total. The third-order valence-corrected chi connectivity index (χ3v) is 5.11. The average molecular weight is 294 g/mol. The van der Waals surface area contributed by atoms with Crippen molar-refractivity contribution in [2.24, 2.45) is 0 Å². The monoisotopic (exact) mass is 293 g/mol. The quantitative estimate of drug-likeness (QED) is 0.934. The average Bonchev–Trinajstić information content (AvgIpc) is 3.07. The molecule has 0 aliphatic heterocycles. The first-order chi connectivity index (χ1) is 9.03. The normalized spacial score (nSPS) is 16.3. The Morgan fingerprint density at radius 1 is 1.47 bits per heavy atom. The second-order valence-electron chi connectivity index (χ2n) is 4.83. The van der Waals surface area contributed by atoms with E-state index in [-0.39, 0.29) is 5.41 Å². The first kappa shape index (κ1) is 12.6. The number of benzene rings is 1. The molecule has 1 heterocycles. The second-order valence-corrected chi connectivity index (χ2v) is 6.27. The van der Waals surface area contributed by atoms with Gasteiger partial charge in [-0.3, -0.25) is 0 Å². The summed E-state index contributed by atoms with van der Waals surface area (Å²) in [4.78, 5) is 15.9. The van der Waals surface area contributed by atoms with Crippen molar-refractivity contribution in [2.75, 3.05) is 0 Å². The zero-order chi connectivity index (χ0) is 13.6. The maximum atomic E-state index is 11.1. The highest BCUT2D eigenvalue weighted by molar-refractivity contribution is 7.14. The second kappa shape index (κ2) is 4.32. The Morgan fingerprint density at radius 2 is 2.21 bits per heavy atom. The topological polar surface area (TPSA) is 50.2 Å². The molecule has 1 aromatic heterocycles. The van der Waals surface area contributed by atoms with Gasteiger partial charge in [-0.25, -0.2) is 9.78 Å². The number of aromatic carboxylic acids is 1. The van der Waals surface area contributed by atoms with E-state index in [1.54, 1.807) is 6.92 Å². The lowest BCUT2D eigenvalue weighted by molar-refractivity contribution is 0.0701. The summed E-state index contributed by atoms with van der Waals surface area (Å²) in [5.74, 6) is -0.900. The number of carbonyl (C=O) groups is 1.